The lowest BCUT2D eigenvalue weighted by Crippen LogP contribution is -1.84. The molecule has 0 heterocycles. The summed E-state index contributed by atoms with van der Waals surface area (Å²) in [4.78, 5) is 0.996. The van der Waals surface area contributed by atoms with Gasteiger partial charge in [-0.25, -0.2) is 0 Å². The highest BCUT2D eigenvalue weighted by Crippen LogP contribution is 2.30. The van der Waals surface area contributed by atoms with Crippen LogP contribution in [0.1, 0.15) is 0 Å². The van der Waals surface area contributed by atoms with Crippen molar-refractivity contribution < 1.29 is 4.74 Å². The summed E-state index contributed by atoms with van der Waals surface area (Å²) in [7, 11) is 1.69. The summed E-state index contributed by atoms with van der Waals surface area (Å²) in [6, 6.07) is 20.7. The normalized spacial score (nSPS) is 10.6. The third kappa shape index (κ3) is 2.32. The molecule has 3 aromatic carbocycles. The molecule has 19 heavy (non-hydrogen) atoms. The lowest BCUT2D eigenvalue weighted by molar-refractivity contribution is 0.415. The van der Waals surface area contributed by atoms with E-state index >= 15 is 0 Å². The van der Waals surface area contributed by atoms with Crippen molar-refractivity contribution >= 4 is 23.4 Å². The van der Waals surface area contributed by atoms with E-state index < -0.39 is 0 Å². The van der Waals surface area contributed by atoms with Gasteiger partial charge in [-0.3, -0.25) is 0 Å². The first-order chi connectivity index (χ1) is 9.28. The van der Waals surface area contributed by atoms with Gasteiger partial charge in [-0.1, -0.05) is 36.4 Å². The summed E-state index contributed by atoms with van der Waals surface area (Å²) in [5.41, 5.74) is 2.34. The zero-order valence-corrected chi connectivity index (χ0v) is 11.5. The second-order valence-electron chi connectivity index (χ2n) is 4.45. The van der Waals surface area contributed by atoms with Crippen molar-refractivity contribution in [3.63, 3.8) is 0 Å². The standard InChI is InChI=1S/C17H14OS/c1-18-15-9-8-12-10-14(7-6-13(12)11-15)16-4-2-3-5-17(16)19/h2-11,19H,1H3. The number of rotatable bonds is 2. The van der Waals surface area contributed by atoms with Crippen LogP contribution in [0.5, 0.6) is 5.75 Å². The summed E-state index contributed by atoms with van der Waals surface area (Å²) in [6.45, 7) is 0. The Morgan fingerprint density at radius 3 is 2.37 bits per heavy atom. The Balaban J connectivity index is 2.15. The summed E-state index contributed by atoms with van der Waals surface area (Å²) in [5, 5.41) is 2.38. The molecule has 0 unspecified atom stereocenters. The van der Waals surface area contributed by atoms with Gasteiger partial charge in [0.15, 0.2) is 0 Å². The molecule has 0 bridgehead atoms. The van der Waals surface area contributed by atoms with Gasteiger partial charge in [0.25, 0.3) is 0 Å². The van der Waals surface area contributed by atoms with Crippen molar-refractivity contribution in [3.8, 4) is 16.9 Å². The van der Waals surface area contributed by atoms with Crippen LogP contribution < -0.4 is 4.74 Å². The molecular weight excluding hydrogens is 252 g/mol. The summed E-state index contributed by atoms with van der Waals surface area (Å²) >= 11 is 4.51. The van der Waals surface area contributed by atoms with Gasteiger partial charge in [0.05, 0.1) is 7.11 Å². The molecule has 0 saturated heterocycles. The smallest absolute Gasteiger partial charge is 0.119 e. The second kappa shape index (κ2) is 4.98. The highest BCUT2D eigenvalue weighted by molar-refractivity contribution is 7.80. The number of hydrogen-bond acceptors (Lipinski definition) is 2. The topological polar surface area (TPSA) is 9.23 Å². The van der Waals surface area contributed by atoms with E-state index in [0.29, 0.717) is 0 Å². The van der Waals surface area contributed by atoms with Crippen molar-refractivity contribution in [2.24, 2.45) is 0 Å². The maximum Gasteiger partial charge on any atom is 0.119 e. The Kier molecular flexibility index (Phi) is 3.18. The van der Waals surface area contributed by atoms with E-state index in [9.17, 15) is 0 Å². The molecule has 2 heteroatoms. The zero-order chi connectivity index (χ0) is 13.2. The van der Waals surface area contributed by atoms with Crippen LogP contribution in [0.3, 0.4) is 0 Å². The molecule has 0 amide bonds. The molecule has 3 aromatic rings. The minimum absolute atomic E-state index is 0.884. The zero-order valence-electron chi connectivity index (χ0n) is 10.6. The average molecular weight is 266 g/mol. The van der Waals surface area contributed by atoms with Gasteiger partial charge in [-0.15, -0.1) is 12.6 Å². The number of hydrogen-bond donors (Lipinski definition) is 1. The lowest BCUT2D eigenvalue weighted by atomic mass is 10.0. The van der Waals surface area contributed by atoms with Crippen LogP contribution in [0.15, 0.2) is 65.6 Å². The highest BCUT2D eigenvalue weighted by Gasteiger charge is 2.03. The van der Waals surface area contributed by atoms with Crippen LogP contribution in [0, 0.1) is 0 Å². The molecule has 0 aromatic heterocycles. The minimum atomic E-state index is 0.884. The fraction of sp³-hybridized carbons (Fsp3) is 0.0588. The molecular formula is C17H14OS. The molecule has 0 aliphatic heterocycles. The largest absolute Gasteiger partial charge is 0.497 e. The van der Waals surface area contributed by atoms with E-state index in [2.05, 4.69) is 43.0 Å². The van der Waals surface area contributed by atoms with Crippen molar-refractivity contribution in [2.75, 3.05) is 7.11 Å². The van der Waals surface area contributed by atoms with E-state index in [1.165, 1.54) is 16.3 Å². The van der Waals surface area contributed by atoms with E-state index in [1.807, 2.05) is 30.3 Å². The molecule has 0 spiro atoms. The van der Waals surface area contributed by atoms with Gasteiger partial charge in [0.1, 0.15) is 5.75 Å². The number of ether oxygens (including phenoxy) is 1. The average Bonchev–Trinajstić information content (AvgIpc) is 2.46. The highest BCUT2D eigenvalue weighted by atomic mass is 32.1. The molecule has 3 rings (SSSR count). The van der Waals surface area contributed by atoms with Crippen LogP contribution in [0.2, 0.25) is 0 Å². The lowest BCUT2D eigenvalue weighted by Gasteiger charge is -2.07. The van der Waals surface area contributed by atoms with E-state index in [0.717, 1.165) is 16.2 Å². The van der Waals surface area contributed by atoms with Crippen molar-refractivity contribution in [3.05, 3.63) is 60.7 Å². The second-order valence-corrected chi connectivity index (χ2v) is 4.93. The summed E-state index contributed by atoms with van der Waals surface area (Å²) < 4.78 is 5.24. The Labute approximate surface area is 118 Å². The van der Waals surface area contributed by atoms with Gasteiger partial charge in [0, 0.05) is 4.90 Å². The van der Waals surface area contributed by atoms with Crippen LogP contribution in [0.4, 0.5) is 0 Å². The van der Waals surface area contributed by atoms with E-state index in [-0.39, 0.29) is 0 Å². The maximum absolute atomic E-state index is 5.24. The first-order valence-electron chi connectivity index (χ1n) is 6.14. The molecule has 0 saturated carbocycles. The molecule has 0 atom stereocenters. The number of methoxy groups -OCH3 is 1. The monoisotopic (exact) mass is 266 g/mol. The fourth-order valence-electron chi connectivity index (χ4n) is 2.24. The van der Waals surface area contributed by atoms with Crippen molar-refractivity contribution in [2.45, 2.75) is 4.90 Å². The molecule has 0 aliphatic carbocycles. The number of benzene rings is 3. The molecule has 0 radical (unpaired) electrons. The van der Waals surface area contributed by atoms with Gasteiger partial charge >= 0.3 is 0 Å². The van der Waals surface area contributed by atoms with Crippen LogP contribution in [-0.2, 0) is 0 Å². The Bertz CT molecular complexity index is 734. The Morgan fingerprint density at radius 2 is 1.58 bits per heavy atom. The van der Waals surface area contributed by atoms with E-state index in [4.69, 9.17) is 4.74 Å². The molecule has 0 N–H and O–H groups in total. The fourth-order valence-corrected chi connectivity index (χ4v) is 2.53. The molecule has 94 valence electrons. The number of fused-ring (bicyclic) bond motifs is 1. The predicted molar refractivity (Wildman–Crippen MR) is 83.2 cm³/mol. The van der Waals surface area contributed by atoms with E-state index in [1.54, 1.807) is 7.11 Å². The van der Waals surface area contributed by atoms with Crippen molar-refractivity contribution in [1.29, 1.82) is 0 Å². The predicted octanol–water partition coefficient (Wildman–Crippen LogP) is 4.80. The van der Waals surface area contributed by atoms with Gasteiger partial charge in [0.2, 0.25) is 0 Å². The maximum atomic E-state index is 5.24. The van der Waals surface area contributed by atoms with Crippen LogP contribution in [-0.4, -0.2) is 7.11 Å². The first-order valence-corrected chi connectivity index (χ1v) is 6.59. The number of thiol groups is 1. The third-order valence-corrected chi connectivity index (χ3v) is 3.65. The van der Waals surface area contributed by atoms with Gasteiger partial charge in [-0.2, -0.15) is 0 Å². The summed E-state index contributed by atoms with van der Waals surface area (Å²) in [5.74, 6) is 0.884. The first kappa shape index (κ1) is 12.1. The van der Waals surface area contributed by atoms with Gasteiger partial charge < -0.3 is 4.74 Å². The minimum Gasteiger partial charge on any atom is -0.497 e. The Hall–Kier alpha value is -1.93. The summed E-state index contributed by atoms with van der Waals surface area (Å²) in [6.07, 6.45) is 0. The SMILES string of the molecule is COc1ccc2cc(-c3ccccc3S)ccc2c1. The van der Waals surface area contributed by atoms with Crippen molar-refractivity contribution in [1.82, 2.24) is 0 Å². The quantitative estimate of drug-likeness (QED) is 0.655. The third-order valence-electron chi connectivity index (χ3n) is 3.26. The van der Waals surface area contributed by atoms with Crippen LogP contribution >= 0.6 is 12.6 Å². The van der Waals surface area contributed by atoms with Gasteiger partial charge in [-0.05, 0) is 46.2 Å². The molecule has 0 aliphatic rings. The molecule has 0 fully saturated rings. The Morgan fingerprint density at radius 1 is 0.842 bits per heavy atom. The molecule has 1 nitrogen and oxygen atoms in total. The van der Waals surface area contributed by atoms with Crippen LogP contribution in [0.25, 0.3) is 21.9 Å².